The van der Waals surface area contributed by atoms with Crippen LogP contribution in [0, 0.1) is 0 Å². The van der Waals surface area contributed by atoms with E-state index in [2.05, 4.69) is 10.6 Å². The predicted octanol–water partition coefficient (Wildman–Crippen LogP) is 6.84. The smallest absolute Gasteiger partial charge is 0.272 e. The average molecular weight is 677 g/mol. The molecule has 1 aliphatic rings. The van der Waals surface area contributed by atoms with E-state index in [0.717, 1.165) is 4.90 Å². The van der Waals surface area contributed by atoms with Crippen LogP contribution < -0.4 is 25.0 Å². The number of halogens is 2. The molecule has 4 aromatic rings. The lowest BCUT2D eigenvalue weighted by Gasteiger charge is -2.16. The minimum Gasteiger partial charge on any atom is -0.497 e. The molecule has 0 unspecified atom stereocenters. The number of methoxy groups -OCH3 is 2. The van der Waals surface area contributed by atoms with Crippen LogP contribution in [-0.4, -0.2) is 43.1 Å². The largest absolute Gasteiger partial charge is 0.497 e. The minimum atomic E-state index is -0.686. The Balaban J connectivity index is 1.37. The lowest BCUT2D eigenvalue weighted by molar-refractivity contribution is -0.121. The molecule has 5 rings (SSSR count). The van der Waals surface area contributed by atoms with Gasteiger partial charge in [-0.25, -0.2) is 4.90 Å². The first-order valence-corrected chi connectivity index (χ1v) is 15.5. The van der Waals surface area contributed by atoms with Crippen molar-refractivity contribution in [2.75, 3.05) is 24.4 Å². The molecular formula is C34H27Cl2N3O6S. The highest BCUT2D eigenvalue weighted by atomic mass is 35.5. The Bertz CT molecular complexity index is 1850. The standard InChI is InChI=1S/C34H27Cl2N3O6S/c1-44-24-12-14-29(45-2)21(15-24)16-28(38-32(41)20-7-4-3-5-8-20)33(42)37-22-9-6-10-25(17-22)46-30-19-31(40)39(34(30)43)23-11-13-26(35)27(36)18-23/h3-18,30H,19H2,1-2H3,(H,37,42)(H,38,41)/b28-16-/t30-/m1/s1. The van der Waals surface area contributed by atoms with Crippen LogP contribution in [0.2, 0.25) is 10.0 Å². The van der Waals surface area contributed by atoms with Crippen molar-refractivity contribution >= 4 is 76.0 Å². The number of carbonyl (C=O) groups excluding carboxylic acids is 4. The first kappa shape index (κ1) is 32.6. The fraction of sp³-hybridized carbons (Fsp3) is 0.118. The van der Waals surface area contributed by atoms with Gasteiger partial charge in [0.15, 0.2) is 0 Å². The summed E-state index contributed by atoms with van der Waals surface area (Å²) in [6.07, 6.45) is 1.48. The van der Waals surface area contributed by atoms with E-state index in [-0.39, 0.29) is 29.0 Å². The maximum absolute atomic E-state index is 13.6. The van der Waals surface area contributed by atoms with E-state index in [1.54, 1.807) is 78.9 Å². The van der Waals surface area contributed by atoms with E-state index < -0.39 is 17.1 Å². The summed E-state index contributed by atoms with van der Waals surface area (Å²) >= 11 is 13.3. The van der Waals surface area contributed by atoms with Crippen molar-refractivity contribution in [2.45, 2.75) is 16.6 Å². The Kier molecular flexibility index (Phi) is 10.3. The van der Waals surface area contributed by atoms with Crippen LogP contribution in [0.1, 0.15) is 22.3 Å². The van der Waals surface area contributed by atoms with Crippen LogP contribution in [0.3, 0.4) is 0 Å². The van der Waals surface area contributed by atoms with E-state index in [0.29, 0.717) is 43.9 Å². The third-order valence-corrected chi connectivity index (χ3v) is 8.82. The number of nitrogens with one attached hydrogen (secondary N) is 2. The van der Waals surface area contributed by atoms with Crippen molar-refractivity contribution < 1.29 is 28.7 Å². The highest BCUT2D eigenvalue weighted by molar-refractivity contribution is 8.00. The van der Waals surface area contributed by atoms with E-state index in [1.165, 1.54) is 44.2 Å². The molecule has 4 aromatic carbocycles. The molecule has 0 radical (unpaired) electrons. The lowest BCUT2D eigenvalue weighted by Crippen LogP contribution is -2.31. The second-order valence-electron chi connectivity index (χ2n) is 9.94. The third kappa shape index (κ3) is 7.54. The highest BCUT2D eigenvalue weighted by Crippen LogP contribution is 2.36. The van der Waals surface area contributed by atoms with Crippen molar-refractivity contribution in [3.05, 3.63) is 118 Å². The fourth-order valence-electron chi connectivity index (χ4n) is 4.65. The van der Waals surface area contributed by atoms with E-state index in [9.17, 15) is 19.2 Å². The van der Waals surface area contributed by atoms with Crippen LogP contribution in [-0.2, 0) is 14.4 Å². The topological polar surface area (TPSA) is 114 Å². The van der Waals surface area contributed by atoms with Gasteiger partial charge in [-0.3, -0.25) is 19.2 Å². The zero-order chi connectivity index (χ0) is 32.8. The maximum Gasteiger partial charge on any atom is 0.272 e. The van der Waals surface area contributed by atoms with Gasteiger partial charge in [0.1, 0.15) is 17.2 Å². The second kappa shape index (κ2) is 14.6. The monoisotopic (exact) mass is 675 g/mol. The molecule has 1 aliphatic heterocycles. The number of rotatable bonds is 10. The van der Waals surface area contributed by atoms with Gasteiger partial charge in [-0.1, -0.05) is 47.5 Å². The van der Waals surface area contributed by atoms with Gasteiger partial charge in [-0.15, -0.1) is 11.8 Å². The molecule has 234 valence electrons. The number of anilines is 2. The number of carbonyl (C=O) groups is 4. The molecule has 2 N–H and O–H groups in total. The van der Waals surface area contributed by atoms with Gasteiger partial charge in [0.25, 0.3) is 11.8 Å². The van der Waals surface area contributed by atoms with E-state index in [4.69, 9.17) is 32.7 Å². The SMILES string of the molecule is COc1ccc(OC)c(/C=C(\NC(=O)c2ccccc2)C(=O)Nc2cccc(S[C@@H]3CC(=O)N(c4ccc(Cl)c(Cl)c4)C3=O)c2)c1. The summed E-state index contributed by atoms with van der Waals surface area (Å²) in [5.41, 5.74) is 1.57. The first-order valence-electron chi connectivity index (χ1n) is 13.9. The highest BCUT2D eigenvalue weighted by Gasteiger charge is 2.40. The summed E-state index contributed by atoms with van der Waals surface area (Å²) in [4.78, 5) is 54.5. The van der Waals surface area contributed by atoms with Crippen LogP contribution in [0.25, 0.3) is 6.08 Å². The van der Waals surface area contributed by atoms with Crippen molar-refractivity contribution in [2.24, 2.45) is 0 Å². The zero-order valence-corrected chi connectivity index (χ0v) is 26.9. The predicted molar refractivity (Wildman–Crippen MR) is 180 cm³/mol. The number of ether oxygens (including phenoxy) is 2. The van der Waals surface area contributed by atoms with Crippen molar-refractivity contribution in [1.29, 1.82) is 0 Å². The van der Waals surface area contributed by atoms with Gasteiger partial charge in [0.05, 0.1) is 35.2 Å². The lowest BCUT2D eigenvalue weighted by atomic mass is 10.1. The Morgan fingerprint density at radius 2 is 1.67 bits per heavy atom. The third-order valence-electron chi connectivity index (χ3n) is 6.90. The van der Waals surface area contributed by atoms with Crippen molar-refractivity contribution in [1.82, 2.24) is 5.32 Å². The number of benzene rings is 4. The Hall–Kier alpha value is -4.77. The minimum absolute atomic E-state index is 0.0128. The fourth-order valence-corrected chi connectivity index (χ4v) is 6.06. The van der Waals surface area contributed by atoms with Gasteiger partial charge in [-0.2, -0.15) is 0 Å². The molecular weight excluding hydrogens is 649 g/mol. The molecule has 4 amide bonds. The Morgan fingerprint density at radius 1 is 0.891 bits per heavy atom. The van der Waals surface area contributed by atoms with Crippen LogP contribution in [0.4, 0.5) is 11.4 Å². The number of amides is 4. The maximum atomic E-state index is 13.6. The molecule has 0 bridgehead atoms. The summed E-state index contributed by atoms with van der Waals surface area (Å²) in [5.74, 6) is -0.836. The van der Waals surface area contributed by atoms with Crippen LogP contribution in [0.15, 0.2) is 102 Å². The van der Waals surface area contributed by atoms with E-state index >= 15 is 0 Å². The number of hydrogen-bond acceptors (Lipinski definition) is 7. The summed E-state index contributed by atoms with van der Waals surface area (Å²) < 4.78 is 10.8. The number of imide groups is 1. The second-order valence-corrected chi connectivity index (χ2v) is 12.0. The van der Waals surface area contributed by atoms with E-state index in [1.807, 2.05) is 0 Å². The van der Waals surface area contributed by atoms with Gasteiger partial charge in [0, 0.05) is 28.1 Å². The summed E-state index contributed by atoms with van der Waals surface area (Å²) in [6, 6.07) is 25.0. The molecule has 12 heteroatoms. The molecule has 46 heavy (non-hydrogen) atoms. The zero-order valence-electron chi connectivity index (χ0n) is 24.6. The normalized spacial score (nSPS) is 14.7. The molecule has 1 saturated heterocycles. The molecule has 1 heterocycles. The van der Waals surface area contributed by atoms with Gasteiger partial charge in [0.2, 0.25) is 11.8 Å². The number of nitrogens with zero attached hydrogens (tertiary/aromatic N) is 1. The molecule has 1 atom stereocenters. The molecule has 1 fully saturated rings. The van der Waals surface area contributed by atoms with Crippen molar-refractivity contribution in [3.8, 4) is 11.5 Å². The summed E-state index contributed by atoms with van der Waals surface area (Å²) in [7, 11) is 3.02. The summed E-state index contributed by atoms with van der Waals surface area (Å²) in [5, 5.41) is 5.39. The summed E-state index contributed by atoms with van der Waals surface area (Å²) in [6.45, 7) is 0. The average Bonchev–Trinajstić information content (AvgIpc) is 3.34. The van der Waals surface area contributed by atoms with Gasteiger partial charge >= 0.3 is 0 Å². The molecule has 0 spiro atoms. The Labute approximate surface area is 279 Å². The molecule has 0 aromatic heterocycles. The van der Waals surface area contributed by atoms with Crippen LogP contribution in [0.5, 0.6) is 11.5 Å². The van der Waals surface area contributed by atoms with Gasteiger partial charge < -0.3 is 20.1 Å². The molecule has 0 aliphatic carbocycles. The van der Waals surface area contributed by atoms with Crippen molar-refractivity contribution in [3.63, 3.8) is 0 Å². The number of thioether (sulfide) groups is 1. The van der Waals surface area contributed by atoms with Gasteiger partial charge in [-0.05, 0) is 72.8 Å². The first-order chi connectivity index (χ1) is 22.2. The molecule has 0 saturated carbocycles. The quantitative estimate of drug-likeness (QED) is 0.140. The number of hydrogen-bond donors (Lipinski definition) is 2. The van der Waals surface area contributed by atoms with Crippen LogP contribution >= 0.6 is 35.0 Å². The Morgan fingerprint density at radius 3 is 2.39 bits per heavy atom. The molecule has 9 nitrogen and oxygen atoms in total.